The molecule has 0 aromatic carbocycles. The van der Waals surface area contributed by atoms with Gasteiger partial charge >= 0.3 is 0 Å². The van der Waals surface area contributed by atoms with Crippen molar-refractivity contribution in [3.63, 3.8) is 0 Å². The summed E-state index contributed by atoms with van der Waals surface area (Å²) in [6.45, 7) is 1.64. The van der Waals surface area contributed by atoms with Gasteiger partial charge in [0.15, 0.2) is 0 Å². The number of ketones is 1. The summed E-state index contributed by atoms with van der Waals surface area (Å²) in [6, 6.07) is -0.193. The van der Waals surface area contributed by atoms with Crippen molar-refractivity contribution >= 4 is 5.78 Å². The molecule has 0 aliphatic heterocycles. The molecule has 0 aromatic rings. The second kappa shape index (κ2) is 3.07. The van der Waals surface area contributed by atoms with Crippen LogP contribution in [0.3, 0.4) is 0 Å². The van der Waals surface area contributed by atoms with Gasteiger partial charge in [-0.15, -0.1) is 0 Å². The number of carbonyl (C=O) groups is 1. The zero-order chi connectivity index (χ0) is 10.6. The first kappa shape index (κ1) is 9.83. The smallest absolute Gasteiger partial charge is 0.146 e. The van der Waals surface area contributed by atoms with E-state index in [4.69, 9.17) is 5.73 Å². The fraction of sp³-hybridized carbons (Fsp3) is 0.923. The Balaban J connectivity index is 1.74. The number of carbonyl (C=O) groups excluding carboxylic acids is 1. The Morgan fingerprint density at radius 1 is 1.33 bits per heavy atom. The molecule has 4 bridgehead atoms. The van der Waals surface area contributed by atoms with Crippen LogP contribution in [-0.2, 0) is 4.79 Å². The lowest BCUT2D eigenvalue weighted by Crippen LogP contribution is -2.38. The van der Waals surface area contributed by atoms with Crippen LogP contribution in [-0.4, -0.2) is 11.8 Å². The van der Waals surface area contributed by atoms with Crippen molar-refractivity contribution in [2.75, 3.05) is 0 Å². The van der Waals surface area contributed by atoms with Gasteiger partial charge in [-0.05, 0) is 68.6 Å². The summed E-state index contributed by atoms with van der Waals surface area (Å²) in [4.78, 5) is 11.3. The van der Waals surface area contributed by atoms with Gasteiger partial charge in [0, 0.05) is 0 Å². The van der Waals surface area contributed by atoms with Crippen molar-refractivity contribution in [2.45, 2.75) is 51.5 Å². The van der Waals surface area contributed by atoms with Gasteiger partial charge < -0.3 is 5.73 Å². The lowest BCUT2D eigenvalue weighted by molar-refractivity contribution is -0.119. The third-order valence-corrected chi connectivity index (χ3v) is 5.23. The highest BCUT2D eigenvalue weighted by molar-refractivity contribution is 5.81. The van der Waals surface area contributed by atoms with E-state index in [1.165, 1.54) is 32.1 Å². The van der Waals surface area contributed by atoms with Crippen molar-refractivity contribution in [3.8, 4) is 0 Å². The van der Waals surface area contributed by atoms with Crippen molar-refractivity contribution in [3.05, 3.63) is 0 Å². The molecule has 4 rings (SSSR count). The Labute approximate surface area is 91.6 Å². The predicted octanol–water partition coefficient (Wildman–Crippen LogP) is 2.12. The highest BCUT2D eigenvalue weighted by Gasteiger charge is 2.55. The number of nitrogens with two attached hydrogens (primary N) is 1. The van der Waals surface area contributed by atoms with E-state index in [-0.39, 0.29) is 11.8 Å². The largest absolute Gasteiger partial charge is 0.322 e. The van der Waals surface area contributed by atoms with Crippen LogP contribution in [0.15, 0.2) is 0 Å². The lowest BCUT2D eigenvalue weighted by Gasteiger charge is -2.39. The summed E-state index contributed by atoms with van der Waals surface area (Å²) in [5, 5.41) is 0. The van der Waals surface area contributed by atoms with Gasteiger partial charge in [-0.25, -0.2) is 0 Å². The highest BCUT2D eigenvalue weighted by atomic mass is 16.1. The summed E-state index contributed by atoms with van der Waals surface area (Å²) in [5.41, 5.74) is 6.41. The Bertz CT molecular complexity index is 279. The van der Waals surface area contributed by atoms with Crippen LogP contribution < -0.4 is 5.73 Å². The molecule has 4 saturated carbocycles. The molecule has 3 atom stereocenters. The van der Waals surface area contributed by atoms with Gasteiger partial charge in [-0.1, -0.05) is 0 Å². The molecule has 15 heavy (non-hydrogen) atoms. The second-order valence-electron chi connectivity index (χ2n) is 6.39. The van der Waals surface area contributed by atoms with Crippen molar-refractivity contribution in [1.29, 1.82) is 0 Å². The molecule has 0 amide bonds. The first-order valence-corrected chi connectivity index (χ1v) is 6.34. The molecule has 0 spiro atoms. The third-order valence-electron chi connectivity index (χ3n) is 5.23. The van der Waals surface area contributed by atoms with Gasteiger partial charge in [0.1, 0.15) is 5.78 Å². The van der Waals surface area contributed by atoms with Crippen molar-refractivity contribution in [2.24, 2.45) is 28.9 Å². The molecule has 4 aliphatic rings. The molecule has 2 N–H and O–H groups in total. The van der Waals surface area contributed by atoms with Crippen LogP contribution in [0.2, 0.25) is 0 Å². The number of hydrogen-bond donors (Lipinski definition) is 1. The molecule has 2 nitrogen and oxygen atoms in total. The molecule has 4 aliphatic carbocycles. The Kier molecular flexibility index (Phi) is 2.01. The monoisotopic (exact) mass is 207 g/mol. The molecule has 2 unspecified atom stereocenters. The third kappa shape index (κ3) is 1.45. The van der Waals surface area contributed by atoms with Crippen LogP contribution in [0.25, 0.3) is 0 Å². The van der Waals surface area contributed by atoms with Crippen LogP contribution in [0, 0.1) is 23.2 Å². The van der Waals surface area contributed by atoms with Gasteiger partial charge in [0.25, 0.3) is 0 Å². The maximum Gasteiger partial charge on any atom is 0.146 e. The minimum absolute atomic E-state index is 0.173. The van der Waals surface area contributed by atoms with Crippen LogP contribution >= 0.6 is 0 Å². The van der Waals surface area contributed by atoms with E-state index >= 15 is 0 Å². The molecular weight excluding hydrogens is 186 g/mol. The zero-order valence-electron chi connectivity index (χ0n) is 9.54. The average molecular weight is 207 g/mol. The van der Waals surface area contributed by atoms with E-state index in [9.17, 15) is 4.79 Å². The highest BCUT2D eigenvalue weighted by Crippen LogP contribution is 2.65. The molecule has 84 valence electrons. The van der Waals surface area contributed by atoms with Gasteiger partial charge in [-0.3, -0.25) is 4.79 Å². The normalized spacial score (nSPS) is 48.5. The number of Topliss-reactive ketones (excluding diaryl/α,β-unsaturated/α-hetero) is 1. The molecule has 0 aromatic heterocycles. The molecule has 0 saturated heterocycles. The first-order chi connectivity index (χ1) is 7.08. The van der Waals surface area contributed by atoms with Gasteiger partial charge in [-0.2, -0.15) is 0 Å². The van der Waals surface area contributed by atoms with E-state index in [1.807, 2.05) is 0 Å². The average Bonchev–Trinajstić information content (AvgIpc) is 2.53. The van der Waals surface area contributed by atoms with Crippen LogP contribution in [0.4, 0.5) is 0 Å². The summed E-state index contributed by atoms with van der Waals surface area (Å²) >= 11 is 0. The number of hydrogen-bond acceptors (Lipinski definition) is 2. The standard InChI is InChI=1S/C13H21NO/c1-8(15)12(14)7-13-4-9-2-10(5-13)11(3-9)6-13/h9-12H,2-7,14H2,1H3/t9?,10?,11?,12-,13?/m0/s1. The molecule has 0 radical (unpaired) electrons. The first-order valence-electron chi connectivity index (χ1n) is 6.34. The second-order valence-corrected chi connectivity index (χ2v) is 6.39. The zero-order valence-corrected chi connectivity index (χ0v) is 9.54. The Hall–Kier alpha value is -0.370. The van der Waals surface area contributed by atoms with Gasteiger partial charge in [0.2, 0.25) is 0 Å². The number of rotatable bonds is 3. The molecule has 4 fully saturated rings. The Morgan fingerprint density at radius 3 is 2.40 bits per heavy atom. The topological polar surface area (TPSA) is 43.1 Å². The quantitative estimate of drug-likeness (QED) is 0.770. The van der Waals surface area contributed by atoms with E-state index in [0.717, 1.165) is 24.2 Å². The SMILES string of the molecule is CC(=O)[C@@H](N)CC12CC3CC(C1)C(C3)C2. The van der Waals surface area contributed by atoms with E-state index in [1.54, 1.807) is 6.92 Å². The van der Waals surface area contributed by atoms with Gasteiger partial charge in [0.05, 0.1) is 6.04 Å². The Morgan fingerprint density at radius 2 is 1.93 bits per heavy atom. The maximum absolute atomic E-state index is 11.3. The summed E-state index contributed by atoms with van der Waals surface area (Å²) in [5.74, 6) is 3.12. The lowest BCUT2D eigenvalue weighted by atomic mass is 9.66. The molecular formula is C13H21NO. The fourth-order valence-corrected chi connectivity index (χ4v) is 4.84. The van der Waals surface area contributed by atoms with Crippen molar-refractivity contribution < 1.29 is 4.79 Å². The minimum atomic E-state index is -0.193. The summed E-state index contributed by atoms with van der Waals surface area (Å²) < 4.78 is 0. The minimum Gasteiger partial charge on any atom is -0.322 e. The van der Waals surface area contributed by atoms with Crippen LogP contribution in [0.5, 0.6) is 0 Å². The maximum atomic E-state index is 11.3. The summed E-state index contributed by atoms with van der Waals surface area (Å²) in [6.07, 6.45) is 8.01. The van der Waals surface area contributed by atoms with Crippen LogP contribution in [0.1, 0.15) is 45.4 Å². The fourth-order valence-electron chi connectivity index (χ4n) is 4.84. The van der Waals surface area contributed by atoms with E-state index in [2.05, 4.69) is 0 Å². The predicted molar refractivity (Wildman–Crippen MR) is 59.3 cm³/mol. The van der Waals surface area contributed by atoms with E-state index < -0.39 is 0 Å². The van der Waals surface area contributed by atoms with E-state index in [0.29, 0.717) is 5.41 Å². The molecule has 0 heterocycles. The van der Waals surface area contributed by atoms with Crippen molar-refractivity contribution in [1.82, 2.24) is 0 Å². The molecule has 2 heteroatoms. The summed E-state index contributed by atoms with van der Waals surface area (Å²) in [7, 11) is 0.